The smallest absolute Gasteiger partial charge is 0.269 e. The molecule has 0 fully saturated rings. The quantitative estimate of drug-likeness (QED) is 0.133. The maximum Gasteiger partial charge on any atom is 0.269 e. The van der Waals surface area contributed by atoms with E-state index in [1.165, 1.54) is 19.3 Å². The summed E-state index contributed by atoms with van der Waals surface area (Å²) in [6.07, 6.45) is 23.2. The third-order valence-electron chi connectivity index (χ3n) is 4.71. The van der Waals surface area contributed by atoms with Gasteiger partial charge in [-0.3, -0.25) is 0 Å². The number of ether oxygens (including phenoxy) is 1. The number of alkyl halides is 2. The van der Waals surface area contributed by atoms with E-state index in [4.69, 9.17) is 4.74 Å². The van der Waals surface area contributed by atoms with Crippen LogP contribution in [0, 0.1) is 0 Å². The summed E-state index contributed by atoms with van der Waals surface area (Å²) in [6.45, 7) is 2.15. The maximum atomic E-state index is 13.3. The Labute approximate surface area is 192 Å². The average molecular weight is 449 g/mol. The zero-order chi connectivity index (χ0) is 22.6. The lowest BCUT2D eigenvalue weighted by atomic mass is 10.1. The first-order valence-corrected chi connectivity index (χ1v) is 12.2. The Morgan fingerprint density at radius 1 is 0.839 bits per heavy atom. The number of thioether (sulfide) groups is 1. The van der Waals surface area contributed by atoms with Gasteiger partial charge < -0.3 is 4.74 Å². The second kappa shape index (κ2) is 18.9. The van der Waals surface area contributed by atoms with Crippen molar-refractivity contribution in [3.05, 3.63) is 71.7 Å². The average Bonchev–Trinajstić information content (AvgIpc) is 2.78. The summed E-state index contributed by atoms with van der Waals surface area (Å²) in [7, 11) is 1.59. The predicted molar refractivity (Wildman–Crippen MR) is 132 cm³/mol. The number of methoxy groups -OCH3 is 1. The van der Waals surface area contributed by atoms with Gasteiger partial charge >= 0.3 is 0 Å². The van der Waals surface area contributed by atoms with Gasteiger partial charge in [0, 0.05) is 4.90 Å². The Hall–Kier alpha value is -1.81. The van der Waals surface area contributed by atoms with Crippen LogP contribution in [-0.2, 0) is 0 Å². The topological polar surface area (TPSA) is 9.23 Å². The SMILES string of the molecule is CC/C=C\C/C=C\C/C=C\CCCCCCC/C=C(\Sc1ccc(OC)cc1)C(F)F. The van der Waals surface area contributed by atoms with Crippen LogP contribution < -0.4 is 4.74 Å². The molecule has 1 rings (SSSR count). The van der Waals surface area contributed by atoms with E-state index in [0.717, 1.165) is 60.9 Å². The van der Waals surface area contributed by atoms with Crippen LogP contribution in [0.1, 0.15) is 71.1 Å². The van der Waals surface area contributed by atoms with E-state index in [9.17, 15) is 8.78 Å². The lowest BCUT2D eigenvalue weighted by Crippen LogP contribution is -1.93. The largest absolute Gasteiger partial charge is 0.497 e. The molecule has 0 bridgehead atoms. The molecule has 1 aromatic carbocycles. The van der Waals surface area contributed by atoms with Crippen LogP contribution in [0.3, 0.4) is 0 Å². The number of hydrogen-bond donors (Lipinski definition) is 0. The molecule has 0 radical (unpaired) electrons. The first kappa shape index (κ1) is 27.2. The van der Waals surface area contributed by atoms with E-state index in [1.54, 1.807) is 25.3 Å². The normalized spacial score (nSPS) is 12.7. The molecule has 0 heterocycles. The second-order valence-corrected chi connectivity index (χ2v) is 8.47. The molecule has 0 saturated carbocycles. The summed E-state index contributed by atoms with van der Waals surface area (Å²) < 4.78 is 31.7. The van der Waals surface area contributed by atoms with Crippen LogP contribution in [0.15, 0.2) is 76.6 Å². The summed E-state index contributed by atoms with van der Waals surface area (Å²) in [4.78, 5) is 0.954. The van der Waals surface area contributed by atoms with Gasteiger partial charge in [0.25, 0.3) is 6.43 Å². The minimum absolute atomic E-state index is 0.144. The molecule has 0 amide bonds. The van der Waals surface area contributed by atoms with Crippen molar-refractivity contribution in [3.8, 4) is 5.75 Å². The Balaban J connectivity index is 2.11. The lowest BCUT2D eigenvalue weighted by molar-refractivity contribution is 0.199. The highest BCUT2D eigenvalue weighted by atomic mass is 32.2. The third-order valence-corrected chi connectivity index (χ3v) is 5.80. The fraction of sp³-hybridized carbons (Fsp3) is 0.481. The van der Waals surface area contributed by atoms with Crippen LogP contribution >= 0.6 is 11.8 Å². The minimum atomic E-state index is -2.43. The molecule has 0 N–H and O–H groups in total. The Kier molecular flexibility index (Phi) is 16.6. The van der Waals surface area contributed by atoms with E-state index in [-0.39, 0.29) is 4.91 Å². The van der Waals surface area contributed by atoms with Gasteiger partial charge in [0.05, 0.1) is 12.0 Å². The zero-order valence-corrected chi connectivity index (χ0v) is 19.9. The molecule has 172 valence electrons. The van der Waals surface area contributed by atoms with Gasteiger partial charge in [0.15, 0.2) is 0 Å². The van der Waals surface area contributed by atoms with E-state index >= 15 is 0 Å². The number of rotatable bonds is 17. The Bertz CT molecular complexity index is 675. The number of halogens is 2. The molecule has 0 aromatic heterocycles. The third kappa shape index (κ3) is 14.8. The standard InChI is InChI=1S/C27H38F2OS/c1-3-4-5-6-7-8-9-10-11-12-13-14-15-16-17-18-19-26(27(28)29)31-25-22-20-24(30-2)21-23-25/h4-5,7-8,10-11,19-23,27H,3,6,9,12-18H2,1-2H3/b5-4-,8-7-,11-10-,26-19-. The second-order valence-electron chi connectivity index (χ2n) is 7.32. The highest BCUT2D eigenvalue weighted by Crippen LogP contribution is 2.32. The first-order chi connectivity index (χ1) is 15.2. The van der Waals surface area contributed by atoms with Crippen molar-refractivity contribution < 1.29 is 13.5 Å². The van der Waals surface area contributed by atoms with Crippen molar-refractivity contribution >= 4 is 11.8 Å². The Morgan fingerprint density at radius 3 is 2.03 bits per heavy atom. The molecule has 1 aromatic rings. The molecule has 0 aliphatic carbocycles. The number of benzene rings is 1. The van der Waals surface area contributed by atoms with E-state index in [0.29, 0.717) is 6.42 Å². The van der Waals surface area contributed by atoms with Gasteiger partial charge in [-0.2, -0.15) is 0 Å². The summed E-state index contributed by atoms with van der Waals surface area (Å²) in [5.41, 5.74) is 0. The number of allylic oxidation sites excluding steroid dienone is 8. The van der Waals surface area contributed by atoms with Crippen LogP contribution in [0.5, 0.6) is 5.75 Å². The summed E-state index contributed by atoms with van der Waals surface area (Å²) in [5.74, 6) is 0.731. The highest BCUT2D eigenvalue weighted by Gasteiger charge is 2.12. The van der Waals surface area contributed by atoms with Crippen molar-refractivity contribution in [1.29, 1.82) is 0 Å². The minimum Gasteiger partial charge on any atom is -0.497 e. The molecule has 0 aliphatic rings. The van der Waals surface area contributed by atoms with Crippen molar-refractivity contribution in [1.82, 2.24) is 0 Å². The van der Waals surface area contributed by atoms with E-state index in [2.05, 4.69) is 43.4 Å². The van der Waals surface area contributed by atoms with Crippen molar-refractivity contribution in [2.45, 2.75) is 82.5 Å². The molecule has 4 heteroatoms. The lowest BCUT2D eigenvalue weighted by Gasteiger charge is -2.07. The maximum absolute atomic E-state index is 13.3. The number of hydrogen-bond acceptors (Lipinski definition) is 2. The van der Waals surface area contributed by atoms with Crippen LogP contribution in [0.4, 0.5) is 8.78 Å². The molecular weight excluding hydrogens is 410 g/mol. The van der Waals surface area contributed by atoms with Gasteiger partial charge in [-0.05, 0) is 69.2 Å². The molecule has 0 atom stereocenters. The van der Waals surface area contributed by atoms with Gasteiger partial charge in [-0.1, -0.05) is 80.5 Å². The predicted octanol–water partition coefficient (Wildman–Crippen LogP) is 9.53. The van der Waals surface area contributed by atoms with Crippen LogP contribution in [0.25, 0.3) is 0 Å². The number of unbranched alkanes of at least 4 members (excludes halogenated alkanes) is 6. The van der Waals surface area contributed by atoms with Crippen LogP contribution in [0.2, 0.25) is 0 Å². The van der Waals surface area contributed by atoms with Gasteiger partial charge in [-0.25, -0.2) is 8.78 Å². The van der Waals surface area contributed by atoms with Crippen LogP contribution in [-0.4, -0.2) is 13.5 Å². The Morgan fingerprint density at radius 2 is 1.42 bits per heavy atom. The summed E-state index contributed by atoms with van der Waals surface area (Å²) in [5, 5.41) is 0. The molecule has 31 heavy (non-hydrogen) atoms. The highest BCUT2D eigenvalue weighted by molar-refractivity contribution is 8.03. The van der Waals surface area contributed by atoms with Gasteiger partial charge in [-0.15, -0.1) is 0 Å². The fourth-order valence-corrected chi connectivity index (χ4v) is 3.80. The summed E-state index contributed by atoms with van der Waals surface area (Å²) in [6, 6.07) is 7.22. The van der Waals surface area contributed by atoms with E-state index in [1.807, 2.05) is 12.1 Å². The van der Waals surface area contributed by atoms with E-state index < -0.39 is 6.43 Å². The molecule has 0 aliphatic heterocycles. The van der Waals surface area contributed by atoms with Crippen molar-refractivity contribution in [3.63, 3.8) is 0 Å². The van der Waals surface area contributed by atoms with Crippen molar-refractivity contribution in [2.75, 3.05) is 7.11 Å². The molecule has 0 spiro atoms. The molecule has 0 saturated heterocycles. The fourth-order valence-electron chi connectivity index (χ4n) is 2.96. The molecule has 0 unspecified atom stereocenters. The summed E-state index contributed by atoms with van der Waals surface area (Å²) >= 11 is 1.14. The zero-order valence-electron chi connectivity index (χ0n) is 19.1. The van der Waals surface area contributed by atoms with Gasteiger partial charge in [0.2, 0.25) is 0 Å². The molecule has 1 nitrogen and oxygen atoms in total. The molecular formula is C27H38F2OS. The monoisotopic (exact) mass is 448 g/mol. The van der Waals surface area contributed by atoms with Gasteiger partial charge in [0.1, 0.15) is 5.75 Å². The van der Waals surface area contributed by atoms with Crippen molar-refractivity contribution in [2.24, 2.45) is 0 Å². The first-order valence-electron chi connectivity index (χ1n) is 11.4.